The van der Waals surface area contributed by atoms with Crippen molar-refractivity contribution in [1.82, 2.24) is 9.55 Å². The Balaban J connectivity index is 2.34. The van der Waals surface area contributed by atoms with Gasteiger partial charge in [0.25, 0.3) is 0 Å². The summed E-state index contributed by atoms with van der Waals surface area (Å²) in [6.45, 7) is 4.41. The van der Waals surface area contributed by atoms with Crippen molar-refractivity contribution >= 4 is 24.5 Å². The molecule has 5 nitrogen and oxygen atoms in total. The number of rotatable bonds is 6. The van der Waals surface area contributed by atoms with Crippen LogP contribution in [0.15, 0.2) is 43.0 Å². The summed E-state index contributed by atoms with van der Waals surface area (Å²) in [5.74, 6) is 0.517. The van der Waals surface area contributed by atoms with Crippen LogP contribution in [0.2, 0.25) is 0 Å². The van der Waals surface area contributed by atoms with Gasteiger partial charge in [0, 0.05) is 12.4 Å². The van der Waals surface area contributed by atoms with Crippen molar-refractivity contribution in [2.45, 2.75) is 32.7 Å². The quantitative estimate of drug-likeness (QED) is 0.799. The molecule has 2 amide bonds. The normalized spacial score (nSPS) is 12.4. The summed E-state index contributed by atoms with van der Waals surface area (Å²) in [6, 6.07) is 7.39. The van der Waals surface area contributed by atoms with E-state index in [1.54, 1.807) is 6.20 Å². The Bertz CT molecular complexity index is 593. The van der Waals surface area contributed by atoms with Gasteiger partial charge >= 0.3 is 6.03 Å². The zero-order chi connectivity index (χ0) is 16.1. The summed E-state index contributed by atoms with van der Waals surface area (Å²) in [6.07, 6.45) is 7.81. The number of anilines is 1. The minimum Gasteiger partial charge on any atom is -0.350 e. The van der Waals surface area contributed by atoms with Crippen molar-refractivity contribution in [2.24, 2.45) is 11.7 Å². The van der Waals surface area contributed by atoms with Gasteiger partial charge in [0.15, 0.2) is 0 Å². The molecule has 22 heavy (non-hydrogen) atoms. The molecule has 1 atom stereocenters. The number of amides is 2. The molecule has 0 spiro atoms. The van der Waals surface area contributed by atoms with Gasteiger partial charge < -0.3 is 10.3 Å². The second kappa shape index (κ2) is 7.35. The number of nitrogens with zero attached hydrogens (tertiary/aromatic N) is 3. The van der Waals surface area contributed by atoms with Crippen molar-refractivity contribution in [3.05, 3.63) is 48.5 Å². The second-order valence-corrected chi connectivity index (χ2v) is 5.67. The molecule has 0 aliphatic rings. The van der Waals surface area contributed by atoms with E-state index in [2.05, 4.69) is 36.2 Å². The number of benzene rings is 1. The Labute approximate surface area is 136 Å². The van der Waals surface area contributed by atoms with Gasteiger partial charge in [-0.1, -0.05) is 51.6 Å². The van der Waals surface area contributed by atoms with E-state index < -0.39 is 6.03 Å². The van der Waals surface area contributed by atoms with Crippen LogP contribution in [0.1, 0.15) is 38.3 Å². The highest BCUT2D eigenvalue weighted by molar-refractivity contribution is 7.82. The first kappa shape index (κ1) is 16.4. The topological polar surface area (TPSA) is 64.2 Å². The van der Waals surface area contributed by atoms with Crippen LogP contribution in [0.3, 0.4) is 0 Å². The van der Waals surface area contributed by atoms with Gasteiger partial charge in [-0.3, -0.25) is 0 Å². The molecule has 0 aliphatic heterocycles. The molecule has 0 saturated heterocycles. The third-order valence-electron chi connectivity index (χ3n) is 4.03. The molecule has 118 valence electrons. The van der Waals surface area contributed by atoms with Crippen LogP contribution in [0, 0.1) is 5.92 Å². The lowest BCUT2D eigenvalue weighted by molar-refractivity contribution is 0.257. The average molecular weight is 318 g/mol. The van der Waals surface area contributed by atoms with Gasteiger partial charge in [-0.25, -0.2) is 14.1 Å². The van der Waals surface area contributed by atoms with Crippen LogP contribution in [0.4, 0.5) is 10.5 Å². The Kier molecular flexibility index (Phi) is 5.49. The fourth-order valence-electron chi connectivity index (χ4n) is 2.80. The van der Waals surface area contributed by atoms with E-state index in [0.717, 1.165) is 17.1 Å². The highest BCUT2D eigenvalue weighted by Crippen LogP contribution is 2.32. The summed E-state index contributed by atoms with van der Waals surface area (Å²) in [4.78, 5) is 15.3. The first-order valence-corrected chi connectivity index (χ1v) is 7.84. The average Bonchev–Trinajstić information content (AvgIpc) is 3.05. The van der Waals surface area contributed by atoms with E-state index in [0.29, 0.717) is 11.6 Å². The molecule has 2 N–H and O–H groups in total. The van der Waals surface area contributed by atoms with Gasteiger partial charge in [0.1, 0.15) is 0 Å². The van der Waals surface area contributed by atoms with Crippen molar-refractivity contribution < 1.29 is 4.79 Å². The number of nitrogens with two attached hydrogens (primary N) is 1. The highest BCUT2D eigenvalue weighted by atomic mass is 32.1. The van der Waals surface area contributed by atoms with E-state index in [9.17, 15) is 4.79 Å². The Hall–Kier alpha value is -1.95. The molecule has 0 fully saturated rings. The van der Waals surface area contributed by atoms with Crippen molar-refractivity contribution in [3.63, 3.8) is 0 Å². The molecule has 1 unspecified atom stereocenters. The first-order valence-electron chi connectivity index (χ1n) is 7.44. The predicted molar refractivity (Wildman–Crippen MR) is 91.9 cm³/mol. The predicted octanol–water partition coefficient (Wildman–Crippen LogP) is 3.64. The molecule has 2 rings (SSSR count). The number of carbonyl (C=O) groups excluding carboxylic acids is 1. The Morgan fingerprint density at radius 1 is 1.32 bits per heavy atom. The molecular formula is C16H22N4OS. The number of hydrogen-bond acceptors (Lipinski definition) is 3. The SMILES string of the molecule is CCC(CC)C(c1ccc(N(S)C(N)=O)cc1)n1ccnc1. The molecule has 2 aromatic rings. The largest absolute Gasteiger partial charge is 0.350 e. The zero-order valence-corrected chi connectivity index (χ0v) is 13.8. The minimum absolute atomic E-state index is 0.230. The molecular weight excluding hydrogens is 296 g/mol. The van der Waals surface area contributed by atoms with E-state index >= 15 is 0 Å². The van der Waals surface area contributed by atoms with Crippen molar-refractivity contribution in [1.29, 1.82) is 0 Å². The second-order valence-electron chi connectivity index (χ2n) is 5.27. The number of imidazole rings is 1. The number of urea groups is 1. The molecule has 0 radical (unpaired) electrons. The van der Waals surface area contributed by atoms with Gasteiger partial charge in [-0.15, -0.1) is 0 Å². The summed E-state index contributed by atoms with van der Waals surface area (Å²) >= 11 is 4.08. The first-order chi connectivity index (χ1) is 10.6. The fourth-order valence-corrected chi connectivity index (χ4v) is 2.93. The van der Waals surface area contributed by atoms with E-state index in [-0.39, 0.29) is 6.04 Å². The Morgan fingerprint density at radius 2 is 1.95 bits per heavy atom. The molecule has 0 bridgehead atoms. The lowest BCUT2D eigenvalue weighted by Gasteiger charge is -2.27. The lowest BCUT2D eigenvalue weighted by Crippen LogP contribution is -2.27. The third-order valence-corrected chi connectivity index (χ3v) is 4.46. The van der Waals surface area contributed by atoms with E-state index in [4.69, 9.17) is 5.73 Å². The van der Waals surface area contributed by atoms with Crippen LogP contribution >= 0.6 is 12.8 Å². The molecule has 1 aromatic carbocycles. The van der Waals surface area contributed by atoms with E-state index in [1.807, 2.05) is 36.8 Å². The maximum atomic E-state index is 11.2. The summed E-state index contributed by atoms with van der Waals surface area (Å²) in [5.41, 5.74) is 7.08. The third kappa shape index (κ3) is 3.44. The standard InChI is InChI=1S/C16H22N4OS/c1-3-12(4-2)15(19-10-9-18-11-19)13-5-7-14(8-6-13)20(22)16(17)21/h5-12,15,22H,3-4H2,1-2H3,(H2,17,21). The zero-order valence-electron chi connectivity index (χ0n) is 12.9. The number of primary amides is 1. The highest BCUT2D eigenvalue weighted by Gasteiger charge is 2.22. The maximum Gasteiger partial charge on any atom is 0.329 e. The summed E-state index contributed by atoms with van der Waals surface area (Å²) in [5, 5.41) is 0. The van der Waals surface area contributed by atoms with Crippen LogP contribution in [0.25, 0.3) is 0 Å². The van der Waals surface area contributed by atoms with Gasteiger partial charge in [0.2, 0.25) is 0 Å². The van der Waals surface area contributed by atoms with Crippen molar-refractivity contribution in [2.75, 3.05) is 4.31 Å². The van der Waals surface area contributed by atoms with Crippen LogP contribution < -0.4 is 10.0 Å². The maximum absolute atomic E-state index is 11.2. The van der Waals surface area contributed by atoms with Gasteiger partial charge in [-0.2, -0.15) is 0 Å². The number of hydrogen-bond donors (Lipinski definition) is 2. The van der Waals surface area contributed by atoms with Crippen LogP contribution in [-0.2, 0) is 0 Å². The van der Waals surface area contributed by atoms with Gasteiger partial charge in [-0.05, 0) is 23.6 Å². The summed E-state index contributed by atoms with van der Waals surface area (Å²) < 4.78 is 3.27. The van der Waals surface area contributed by atoms with Crippen molar-refractivity contribution in [3.8, 4) is 0 Å². The molecule has 6 heteroatoms. The van der Waals surface area contributed by atoms with Crippen LogP contribution in [-0.4, -0.2) is 15.6 Å². The molecule has 0 aliphatic carbocycles. The summed E-state index contributed by atoms with van der Waals surface area (Å²) in [7, 11) is 0. The number of thiol groups is 1. The molecule has 0 saturated carbocycles. The lowest BCUT2D eigenvalue weighted by atomic mass is 9.88. The number of aromatic nitrogens is 2. The molecule has 1 aromatic heterocycles. The molecule has 1 heterocycles. The minimum atomic E-state index is -0.595. The fraction of sp³-hybridized carbons (Fsp3) is 0.375. The van der Waals surface area contributed by atoms with E-state index in [1.165, 1.54) is 5.56 Å². The smallest absolute Gasteiger partial charge is 0.329 e. The Morgan fingerprint density at radius 3 is 2.41 bits per heavy atom. The monoisotopic (exact) mass is 318 g/mol. The number of carbonyl (C=O) groups is 1. The van der Waals surface area contributed by atoms with Crippen LogP contribution in [0.5, 0.6) is 0 Å². The van der Waals surface area contributed by atoms with Gasteiger partial charge in [0.05, 0.1) is 18.1 Å².